The van der Waals surface area contributed by atoms with Gasteiger partial charge in [-0.15, -0.1) is 0 Å². The quantitative estimate of drug-likeness (QED) is 0.457. The Bertz CT molecular complexity index is 1710. The van der Waals surface area contributed by atoms with Gasteiger partial charge < -0.3 is 8.98 Å². The van der Waals surface area contributed by atoms with Crippen LogP contribution in [0.2, 0.25) is 0 Å². The maximum atomic E-state index is 13.5. The van der Waals surface area contributed by atoms with Crippen LogP contribution in [0.3, 0.4) is 0 Å². The van der Waals surface area contributed by atoms with E-state index in [0.717, 1.165) is 11.4 Å². The van der Waals surface area contributed by atoms with Gasteiger partial charge in [0, 0.05) is 34.6 Å². The van der Waals surface area contributed by atoms with Gasteiger partial charge in [-0.3, -0.25) is 24.5 Å². The van der Waals surface area contributed by atoms with E-state index in [1.54, 1.807) is 45.6 Å². The van der Waals surface area contributed by atoms with Crippen molar-refractivity contribution in [1.82, 2.24) is 9.24 Å². The number of benzene rings is 2. The minimum Gasteiger partial charge on any atom is -0.449 e. The molecule has 2 aliphatic rings. The number of hydrogen-bond donors (Lipinski definition) is 1. The molecule has 1 unspecified atom stereocenters. The molecule has 0 saturated carbocycles. The first-order valence-electron chi connectivity index (χ1n) is 10.8. The molecule has 166 valence electrons. The van der Waals surface area contributed by atoms with Crippen molar-refractivity contribution in [2.24, 2.45) is 0 Å². The van der Waals surface area contributed by atoms with E-state index in [4.69, 9.17) is 4.42 Å². The van der Waals surface area contributed by atoms with Crippen molar-refractivity contribution in [2.45, 2.75) is 33.2 Å². The van der Waals surface area contributed by atoms with Gasteiger partial charge >= 0.3 is 0 Å². The molecular formula is C26H23N3O4. The molecule has 1 aromatic heterocycles. The Hall–Kier alpha value is -4.13. The van der Waals surface area contributed by atoms with Gasteiger partial charge in [-0.25, -0.2) is 0 Å². The number of carbonyl (C=O) groups excluding carboxylic acids is 1. The summed E-state index contributed by atoms with van der Waals surface area (Å²) in [7, 11) is 0. The summed E-state index contributed by atoms with van der Waals surface area (Å²) in [5.41, 5.74) is 5.23. The topological polar surface area (TPSA) is 86.2 Å². The molecule has 2 aromatic carbocycles. The fourth-order valence-corrected chi connectivity index (χ4v) is 4.46. The van der Waals surface area contributed by atoms with Crippen molar-refractivity contribution in [3.63, 3.8) is 0 Å². The summed E-state index contributed by atoms with van der Waals surface area (Å²) in [6.45, 7) is 5.69. The monoisotopic (exact) mass is 441 g/mol. The zero-order valence-electron chi connectivity index (χ0n) is 18.6. The highest BCUT2D eigenvalue weighted by Gasteiger charge is 2.20. The molecule has 33 heavy (non-hydrogen) atoms. The molecule has 0 radical (unpaired) electrons. The molecule has 0 bridgehead atoms. The van der Waals surface area contributed by atoms with Gasteiger partial charge in [-0.05, 0) is 45.0 Å². The SMILES string of the molecule is Cc1ccc(C)n1NC(=O)CC(C)n1c2c(=O)c3ccccc3c(=O)c=2oc2ccccc21. The van der Waals surface area contributed by atoms with E-state index in [1.807, 2.05) is 45.0 Å². The Morgan fingerprint density at radius 1 is 0.909 bits per heavy atom. The minimum atomic E-state index is -0.418. The van der Waals surface area contributed by atoms with Crippen LogP contribution in [0.1, 0.15) is 30.8 Å². The van der Waals surface area contributed by atoms with Crippen LogP contribution in [-0.4, -0.2) is 15.2 Å². The lowest BCUT2D eigenvalue weighted by Crippen LogP contribution is -2.28. The van der Waals surface area contributed by atoms with Crippen LogP contribution in [0.25, 0.3) is 21.9 Å². The Kier molecular flexibility index (Phi) is 4.89. The summed E-state index contributed by atoms with van der Waals surface area (Å²) in [4.78, 5) is 39.7. The van der Waals surface area contributed by atoms with E-state index in [9.17, 15) is 14.4 Å². The smallest absolute Gasteiger partial charge is 0.240 e. The molecule has 7 heteroatoms. The van der Waals surface area contributed by atoms with Crippen LogP contribution in [-0.2, 0) is 4.79 Å². The van der Waals surface area contributed by atoms with Gasteiger partial charge in [-0.1, -0.05) is 36.4 Å². The van der Waals surface area contributed by atoms with Gasteiger partial charge in [0.1, 0.15) is 5.35 Å². The Morgan fingerprint density at radius 3 is 2.21 bits per heavy atom. The first kappa shape index (κ1) is 20.8. The lowest BCUT2D eigenvalue weighted by Gasteiger charge is -2.20. The van der Waals surface area contributed by atoms with E-state index >= 15 is 0 Å². The average molecular weight is 441 g/mol. The number of nitrogens with one attached hydrogen (secondary N) is 1. The number of amides is 1. The van der Waals surface area contributed by atoms with E-state index in [2.05, 4.69) is 5.43 Å². The van der Waals surface area contributed by atoms with Gasteiger partial charge in [0.15, 0.2) is 5.58 Å². The molecule has 1 aliphatic carbocycles. The summed E-state index contributed by atoms with van der Waals surface area (Å²) in [5.74, 6) is -0.203. The number of rotatable bonds is 4. The molecule has 1 atom stereocenters. The number of carbonyl (C=O) groups is 1. The average Bonchev–Trinajstić information content (AvgIpc) is 3.13. The lowest BCUT2D eigenvalue weighted by atomic mass is 10.1. The van der Waals surface area contributed by atoms with E-state index < -0.39 is 6.04 Å². The number of nitrogens with zero attached hydrogens (tertiary/aromatic N) is 2. The molecule has 3 aromatic rings. The molecular weight excluding hydrogens is 418 g/mol. The number of para-hydroxylation sites is 2. The Labute approximate surface area is 188 Å². The fourth-order valence-electron chi connectivity index (χ4n) is 4.46. The summed E-state index contributed by atoms with van der Waals surface area (Å²) >= 11 is 0. The van der Waals surface area contributed by atoms with Crippen molar-refractivity contribution in [3.8, 4) is 0 Å². The predicted octanol–water partition coefficient (Wildman–Crippen LogP) is 3.97. The summed E-state index contributed by atoms with van der Waals surface area (Å²) in [6, 6.07) is 17.4. The van der Waals surface area contributed by atoms with Gasteiger partial charge in [0.25, 0.3) is 0 Å². The molecule has 0 fully saturated rings. The summed E-state index contributed by atoms with van der Waals surface area (Å²) in [6.07, 6.45) is 0.102. The molecule has 1 aliphatic heterocycles. The maximum Gasteiger partial charge on any atom is 0.240 e. The Balaban J connectivity index is 1.73. The Morgan fingerprint density at radius 2 is 1.52 bits per heavy atom. The molecule has 2 heterocycles. The normalized spacial score (nSPS) is 12.5. The van der Waals surface area contributed by atoms with Crippen LogP contribution < -0.4 is 16.3 Å². The highest BCUT2D eigenvalue weighted by atomic mass is 16.3. The third-order valence-electron chi connectivity index (χ3n) is 6.06. The summed E-state index contributed by atoms with van der Waals surface area (Å²) in [5, 5.41) is 0.833. The summed E-state index contributed by atoms with van der Waals surface area (Å²) < 4.78 is 9.44. The van der Waals surface area contributed by atoms with Gasteiger partial charge in [0.2, 0.25) is 22.2 Å². The van der Waals surface area contributed by atoms with Crippen molar-refractivity contribution in [2.75, 3.05) is 5.43 Å². The third kappa shape index (κ3) is 3.33. The van der Waals surface area contributed by atoms with Gasteiger partial charge in [-0.2, -0.15) is 0 Å². The van der Waals surface area contributed by atoms with Crippen LogP contribution in [0, 0.1) is 24.6 Å². The lowest BCUT2D eigenvalue weighted by molar-refractivity contribution is -0.117. The number of aryl methyl sites for hydroxylation is 2. The standard InChI is InChI=1S/C26H23N3O4/c1-15-12-13-16(2)29(15)27-22(30)14-17(3)28-20-10-6-7-11-21(20)33-26-23(28)24(31)18-8-4-5-9-19(18)25(26)32/h4-13,17H,14H2,1-3H3,(H,27,30). The fraction of sp³-hybridized carbons (Fsp3) is 0.192. The van der Waals surface area contributed by atoms with E-state index in [0.29, 0.717) is 21.9 Å². The van der Waals surface area contributed by atoms with Crippen LogP contribution >= 0.6 is 0 Å². The van der Waals surface area contributed by atoms with E-state index in [1.165, 1.54) is 0 Å². The largest absolute Gasteiger partial charge is 0.449 e. The number of aromatic nitrogens is 2. The molecule has 7 nitrogen and oxygen atoms in total. The predicted molar refractivity (Wildman–Crippen MR) is 127 cm³/mol. The maximum absolute atomic E-state index is 13.5. The molecule has 1 N–H and O–H groups in total. The second-order valence-electron chi connectivity index (χ2n) is 8.36. The third-order valence-corrected chi connectivity index (χ3v) is 6.06. The highest BCUT2D eigenvalue weighted by Crippen LogP contribution is 2.22. The minimum absolute atomic E-state index is 0.00163. The van der Waals surface area contributed by atoms with Crippen LogP contribution in [0.4, 0.5) is 0 Å². The zero-order valence-corrected chi connectivity index (χ0v) is 18.6. The number of hydrogen-bond acceptors (Lipinski definition) is 4. The van der Waals surface area contributed by atoms with Crippen molar-refractivity contribution >= 4 is 27.8 Å². The van der Waals surface area contributed by atoms with E-state index in [-0.39, 0.29) is 34.0 Å². The first-order chi connectivity index (χ1) is 15.9. The highest BCUT2D eigenvalue weighted by molar-refractivity contribution is 5.85. The van der Waals surface area contributed by atoms with Crippen LogP contribution in [0.5, 0.6) is 0 Å². The molecule has 1 amide bonds. The molecule has 0 spiro atoms. The zero-order chi connectivity index (χ0) is 23.3. The van der Waals surface area contributed by atoms with Crippen molar-refractivity contribution < 1.29 is 9.21 Å². The van der Waals surface area contributed by atoms with Crippen molar-refractivity contribution in [1.29, 1.82) is 0 Å². The molecule has 0 saturated heterocycles. The van der Waals surface area contributed by atoms with Gasteiger partial charge in [0.05, 0.1) is 5.52 Å². The first-order valence-corrected chi connectivity index (χ1v) is 10.8. The molecule has 5 rings (SSSR count). The number of fused-ring (bicyclic) bond motifs is 2. The van der Waals surface area contributed by atoms with Crippen LogP contribution in [0.15, 0.2) is 74.7 Å². The van der Waals surface area contributed by atoms with Crippen molar-refractivity contribution in [3.05, 3.63) is 103 Å². The second kappa shape index (κ2) is 7.78. The second-order valence-corrected chi connectivity index (χ2v) is 8.36.